The summed E-state index contributed by atoms with van der Waals surface area (Å²) in [7, 11) is 0. The number of aliphatic hydroxyl groups is 1. The Kier molecular flexibility index (Phi) is 8.17. The molecule has 2 amide bonds. The molecular formula is C26H25FN2O6. The summed E-state index contributed by atoms with van der Waals surface area (Å²) in [6.07, 6.45) is 0.240. The molecule has 3 aromatic carbocycles. The number of hydroxylamine groups is 2. The van der Waals surface area contributed by atoms with Crippen molar-refractivity contribution < 1.29 is 33.8 Å². The summed E-state index contributed by atoms with van der Waals surface area (Å²) in [5.41, 5.74) is 0.0384. The normalized spacial score (nSPS) is 12.3. The van der Waals surface area contributed by atoms with Crippen molar-refractivity contribution in [2.45, 2.75) is 25.3 Å². The van der Waals surface area contributed by atoms with E-state index in [-0.39, 0.29) is 17.8 Å². The smallest absolute Gasteiger partial charge is 0.343 e. The fourth-order valence-corrected chi connectivity index (χ4v) is 3.52. The predicted octanol–water partition coefficient (Wildman–Crippen LogP) is 3.65. The van der Waals surface area contributed by atoms with E-state index in [2.05, 4.69) is 12.2 Å². The number of aliphatic hydroxyl groups excluding tert-OH is 1. The number of benzene rings is 3. The summed E-state index contributed by atoms with van der Waals surface area (Å²) in [4.78, 5) is 42.7. The third-order valence-corrected chi connectivity index (χ3v) is 5.55. The van der Waals surface area contributed by atoms with E-state index in [1.807, 2.05) is 24.3 Å². The minimum absolute atomic E-state index is 0.0299. The van der Waals surface area contributed by atoms with E-state index in [0.717, 1.165) is 23.6 Å². The Balaban J connectivity index is 1.89. The quantitative estimate of drug-likeness (QED) is 0.219. The molecule has 0 spiro atoms. The van der Waals surface area contributed by atoms with Crippen molar-refractivity contribution in [2.24, 2.45) is 0 Å². The molecule has 0 aliphatic carbocycles. The molecule has 0 aliphatic heterocycles. The Morgan fingerprint density at radius 1 is 1.03 bits per heavy atom. The number of carboxylic acid groups (broad SMARTS) is 1. The Labute approximate surface area is 201 Å². The van der Waals surface area contributed by atoms with Gasteiger partial charge in [0.05, 0.1) is 5.69 Å². The van der Waals surface area contributed by atoms with E-state index in [1.54, 1.807) is 12.1 Å². The van der Waals surface area contributed by atoms with Crippen molar-refractivity contribution in [3.63, 3.8) is 0 Å². The molecule has 8 nitrogen and oxygen atoms in total. The number of aryl methyl sites for hydroxylation is 1. The van der Waals surface area contributed by atoms with Gasteiger partial charge in [0.1, 0.15) is 5.82 Å². The molecule has 9 heteroatoms. The van der Waals surface area contributed by atoms with Gasteiger partial charge in [0.2, 0.25) is 6.41 Å². The van der Waals surface area contributed by atoms with Crippen LogP contribution in [-0.2, 0) is 20.8 Å². The number of para-hydroxylation sites is 1. The molecule has 0 aromatic heterocycles. The number of carboxylic acids is 1. The van der Waals surface area contributed by atoms with E-state index in [0.29, 0.717) is 5.06 Å². The van der Waals surface area contributed by atoms with Crippen LogP contribution in [0, 0.1) is 5.82 Å². The number of aliphatic carboxylic acids is 1. The highest BCUT2D eigenvalue weighted by Crippen LogP contribution is 2.28. The Hall–Kier alpha value is -4.24. The Morgan fingerprint density at radius 2 is 1.63 bits per heavy atom. The number of halogens is 1. The SMILES string of the molecule is CCc1ccc(-c2ccc(ON(C=O)[C@@](CCO)(C(=O)O)C(=O)Nc3ccccc3F)cc2)cc1. The van der Waals surface area contributed by atoms with Gasteiger partial charge in [-0.15, -0.1) is 0 Å². The van der Waals surface area contributed by atoms with Gasteiger partial charge in [0.15, 0.2) is 5.75 Å². The van der Waals surface area contributed by atoms with Crippen LogP contribution in [0.4, 0.5) is 10.1 Å². The molecular weight excluding hydrogens is 455 g/mol. The van der Waals surface area contributed by atoms with Gasteiger partial charge in [0.25, 0.3) is 11.4 Å². The van der Waals surface area contributed by atoms with E-state index >= 15 is 0 Å². The number of nitrogens with one attached hydrogen (secondary N) is 1. The molecule has 3 N–H and O–H groups in total. The first-order valence-electron chi connectivity index (χ1n) is 10.9. The third kappa shape index (κ3) is 5.47. The molecule has 35 heavy (non-hydrogen) atoms. The molecule has 0 aliphatic rings. The highest BCUT2D eigenvalue weighted by molar-refractivity contribution is 6.13. The van der Waals surface area contributed by atoms with Crippen LogP contribution in [0.25, 0.3) is 11.1 Å². The Bertz CT molecular complexity index is 1180. The average molecular weight is 480 g/mol. The summed E-state index contributed by atoms with van der Waals surface area (Å²) in [6, 6.07) is 19.6. The molecule has 0 heterocycles. The topological polar surface area (TPSA) is 116 Å². The summed E-state index contributed by atoms with van der Waals surface area (Å²) in [5, 5.41) is 21.9. The van der Waals surface area contributed by atoms with Crippen LogP contribution in [0.3, 0.4) is 0 Å². The van der Waals surface area contributed by atoms with Crippen molar-refractivity contribution in [1.29, 1.82) is 0 Å². The second-order valence-electron chi connectivity index (χ2n) is 7.67. The summed E-state index contributed by atoms with van der Waals surface area (Å²) in [5.74, 6) is -3.75. The summed E-state index contributed by atoms with van der Waals surface area (Å²) in [6.45, 7) is 1.29. The van der Waals surface area contributed by atoms with Gasteiger partial charge in [-0.05, 0) is 47.4 Å². The monoisotopic (exact) mass is 480 g/mol. The molecule has 0 unspecified atom stereocenters. The lowest BCUT2D eigenvalue weighted by atomic mass is 9.93. The zero-order valence-electron chi connectivity index (χ0n) is 19.0. The lowest BCUT2D eigenvalue weighted by Crippen LogP contribution is -2.63. The zero-order valence-corrected chi connectivity index (χ0v) is 19.0. The number of amides is 2. The zero-order chi connectivity index (χ0) is 25.4. The molecule has 3 rings (SSSR count). The highest BCUT2D eigenvalue weighted by atomic mass is 19.1. The summed E-state index contributed by atoms with van der Waals surface area (Å²) < 4.78 is 14.0. The van der Waals surface area contributed by atoms with Crippen LogP contribution >= 0.6 is 0 Å². The molecule has 0 saturated carbocycles. The number of nitrogens with zero attached hydrogens (tertiary/aromatic N) is 1. The third-order valence-electron chi connectivity index (χ3n) is 5.55. The van der Waals surface area contributed by atoms with Crippen LogP contribution < -0.4 is 10.2 Å². The lowest BCUT2D eigenvalue weighted by molar-refractivity contribution is -0.189. The number of rotatable bonds is 11. The minimum Gasteiger partial charge on any atom is -0.479 e. The number of hydrogen-bond donors (Lipinski definition) is 3. The maximum absolute atomic E-state index is 14.0. The van der Waals surface area contributed by atoms with Gasteiger partial charge in [-0.1, -0.05) is 55.5 Å². The molecule has 0 fully saturated rings. The van der Waals surface area contributed by atoms with Crippen LogP contribution in [-0.4, -0.2) is 45.7 Å². The fourth-order valence-electron chi connectivity index (χ4n) is 3.52. The average Bonchev–Trinajstić information content (AvgIpc) is 2.87. The first-order chi connectivity index (χ1) is 16.8. The van der Waals surface area contributed by atoms with Crippen LogP contribution in [0.2, 0.25) is 0 Å². The van der Waals surface area contributed by atoms with E-state index in [1.165, 1.54) is 35.9 Å². The van der Waals surface area contributed by atoms with Gasteiger partial charge < -0.3 is 20.4 Å². The number of hydrogen-bond acceptors (Lipinski definition) is 5. The molecule has 1 atom stereocenters. The molecule has 182 valence electrons. The maximum atomic E-state index is 14.0. The van der Waals surface area contributed by atoms with Crippen molar-refractivity contribution in [3.8, 4) is 16.9 Å². The van der Waals surface area contributed by atoms with Crippen molar-refractivity contribution in [1.82, 2.24) is 5.06 Å². The van der Waals surface area contributed by atoms with Crippen molar-refractivity contribution >= 4 is 24.0 Å². The van der Waals surface area contributed by atoms with Crippen LogP contribution in [0.15, 0.2) is 72.8 Å². The molecule has 0 saturated heterocycles. The van der Waals surface area contributed by atoms with Gasteiger partial charge in [-0.3, -0.25) is 9.59 Å². The van der Waals surface area contributed by atoms with Gasteiger partial charge >= 0.3 is 5.97 Å². The fraction of sp³-hybridized carbons (Fsp3) is 0.192. The second kappa shape index (κ2) is 11.3. The van der Waals surface area contributed by atoms with Gasteiger partial charge in [0, 0.05) is 13.0 Å². The van der Waals surface area contributed by atoms with Gasteiger partial charge in [-0.25, -0.2) is 9.18 Å². The standard InChI is InChI=1S/C26H25FN2O6/c1-2-18-7-9-19(10-8-18)20-11-13-21(14-12-20)35-29(17-31)26(15-16-30,25(33)34)24(32)28-23-6-4-3-5-22(23)27/h3-14,17,30H,2,15-16H2,1H3,(H,28,32)(H,33,34)/t26-/m1/s1. The first-order valence-corrected chi connectivity index (χ1v) is 10.9. The predicted molar refractivity (Wildman–Crippen MR) is 127 cm³/mol. The summed E-state index contributed by atoms with van der Waals surface area (Å²) >= 11 is 0. The highest BCUT2D eigenvalue weighted by Gasteiger charge is 2.53. The van der Waals surface area contributed by atoms with Crippen LogP contribution in [0.5, 0.6) is 5.75 Å². The largest absolute Gasteiger partial charge is 0.479 e. The van der Waals surface area contributed by atoms with E-state index in [4.69, 9.17) is 4.84 Å². The molecule has 3 aromatic rings. The lowest BCUT2D eigenvalue weighted by Gasteiger charge is -2.35. The Morgan fingerprint density at radius 3 is 2.14 bits per heavy atom. The van der Waals surface area contributed by atoms with E-state index in [9.17, 15) is 29.0 Å². The molecule has 0 radical (unpaired) electrons. The minimum atomic E-state index is -2.67. The first kappa shape index (κ1) is 25.4. The molecule has 0 bridgehead atoms. The van der Waals surface area contributed by atoms with E-state index < -0.39 is 36.3 Å². The second-order valence-corrected chi connectivity index (χ2v) is 7.67. The number of carbonyl (C=O) groups is 3. The van der Waals surface area contributed by atoms with Gasteiger partial charge in [-0.2, -0.15) is 5.06 Å². The van der Waals surface area contributed by atoms with Crippen molar-refractivity contribution in [3.05, 3.63) is 84.2 Å². The maximum Gasteiger partial charge on any atom is 0.343 e. The van der Waals surface area contributed by atoms with Crippen molar-refractivity contribution in [2.75, 3.05) is 11.9 Å². The van der Waals surface area contributed by atoms with Crippen LogP contribution in [0.1, 0.15) is 18.9 Å². The number of carbonyl (C=O) groups excluding carboxylic acids is 2. The number of anilines is 1.